The first-order chi connectivity index (χ1) is 12.4. The molecule has 0 unspecified atom stereocenters. The first-order valence-corrected chi connectivity index (χ1v) is 7.96. The summed E-state index contributed by atoms with van der Waals surface area (Å²) in [5, 5.41) is 0.377. The topological polar surface area (TPSA) is 74.3 Å². The standard InChI is InChI=1S/C19H14ClFN2O3/c1-26-16-8-4-12(20)10-15(16)23-17(24)9-7-14(19(23)22)18(25)11-2-5-13(21)6-3-11/h2-10H,22H2,1H3. The number of nitrogens with two attached hydrogens (primary N) is 1. The molecule has 0 aliphatic carbocycles. The lowest BCUT2D eigenvalue weighted by molar-refractivity contribution is 0.103. The number of rotatable bonds is 4. The van der Waals surface area contributed by atoms with E-state index in [4.69, 9.17) is 22.1 Å². The van der Waals surface area contributed by atoms with E-state index in [0.29, 0.717) is 16.5 Å². The number of methoxy groups -OCH3 is 1. The Balaban J connectivity index is 2.19. The quantitative estimate of drug-likeness (QED) is 0.712. The minimum absolute atomic E-state index is 0.0626. The third kappa shape index (κ3) is 3.19. The normalized spacial score (nSPS) is 10.6. The van der Waals surface area contributed by atoms with Crippen LogP contribution in [0.1, 0.15) is 15.9 Å². The summed E-state index contributed by atoms with van der Waals surface area (Å²) in [6.07, 6.45) is 0. The highest BCUT2D eigenvalue weighted by Crippen LogP contribution is 2.28. The van der Waals surface area contributed by atoms with Gasteiger partial charge in [-0.15, -0.1) is 0 Å². The summed E-state index contributed by atoms with van der Waals surface area (Å²) < 4.78 is 19.5. The van der Waals surface area contributed by atoms with Crippen LogP contribution in [-0.2, 0) is 0 Å². The lowest BCUT2D eigenvalue weighted by Crippen LogP contribution is -2.24. The van der Waals surface area contributed by atoms with Crippen molar-refractivity contribution in [2.45, 2.75) is 0 Å². The van der Waals surface area contributed by atoms with Crippen LogP contribution in [-0.4, -0.2) is 17.5 Å². The zero-order valence-corrected chi connectivity index (χ0v) is 14.5. The average molecular weight is 373 g/mol. The van der Waals surface area contributed by atoms with Gasteiger partial charge in [-0.1, -0.05) is 11.6 Å². The fraction of sp³-hybridized carbons (Fsp3) is 0.0526. The summed E-state index contributed by atoms with van der Waals surface area (Å²) in [6.45, 7) is 0. The molecule has 2 N–H and O–H groups in total. The number of hydrogen-bond acceptors (Lipinski definition) is 4. The Bertz CT molecular complexity index is 1050. The van der Waals surface area contributed by atoms with Gasteiger partial charge in [0.15, 0.2) is 5.78 Å². The minimum atomic E-state index is -0.455. The van der Waals surface area contributed by atoms with Crippen molar-refractivity contribution >= 4 is 23.2 Å². The maximum Gasteiger partial charge on any atom is 0.256 e. The lowest BCUT2D eigenvalue weighted by atomic mass is 10.0. The van der Waals surface area contributed by atoms with Crippen molar-refractivity contribution in [3.8, 4) is 11.4 Å². The number of ketones is 1. The van der Waals surface area contributed by atoms with Gasteiger partial charge >= 0.3 is 0 Å². The summed E-state index contributed by atoms with van der Waals surface area (Å²) in [6, 6.07) is 12.4. The van der Waals surface area contributed by atoms with E-state index >= 15 is 0 Å². The van der Waals surface area contributed by atoms with Gasteiger partial charge in [0.25, 0.3) is 5.56 Å². The molecule has 3 aromatic rings. The smallest absolute Gasteiger partial charge is 0.256 e. The first-order valence-electron chi connectivity index (χ1n) is 7.58. The van der Waals surface area contributed by atoms with Crippen LogP contribution in [0.4, 0.5) is 10.2 Å². The molecule has 0 radical (unpaired) electrons. The highest BCUT2D eigenvalue weighted by Gasteiger charge is 2.19. The molecule has 3 rings (SSSR count). The second-order valence-electron chi connectivity index (χ2n) is 5.46. The van der Waals surface area contributed by atoms with Gasteiger partial charge in [-0.2, -0.15) is 0 Å². The number of nitrogen functional groups attached to an aromatic ring is 1. The molecule has 0 fully saturated rings. The monoisotopic (exact) mass is 372 g/mol. The molecule has 0 atom stereocenters. The molecule has 0 spiro atoms. The molecule has 0 saturated carbocycles. The average Bonchev–Trinajstić information content (AvgIpc) is 2.62. The van der Waals surface area contributed by atoms with Crippen molar-refractivity contribution < 1.29 is 13.9 Å². The van der Waals surface area contributed by atoms with Crippen molar-refractivity contribution in [1.82, 2.24) is 4.57 Å². The van der Waals surface area contributed by atoms with E-state index in [1.54, 1.807) is 12.1 Å². The van der Waals surface area contributed by atoms with Crippen LogP contribution in [0.3, 0.4) is 0 Å². The molecule has 0 aliphatic rings. The van der Waals surface area contributed by atoms with Gasteiger partial charge in [0.1, 0.15) is 17.4 Å². The number of benzene rings is 2. The number of ether oxygens (including phenoxy) is 1. The molecule has 0 bridgehead atoms. The van der Waals surface area contributed by atoms with Crippen molar-refractivity contribution in [2.75, 3.05) is 12.8 Å². The maximum absolute atomic E-state index is 13.1. The van der Waals surface area contributed by atoms with Crippen LogP contribution in [0.5, 0.6) is 5.75 Å². The summed E-state index contributed by atoms with van der Waals surface area (Å²) in [5.41, 5.74) is 6.36. The van der Waals surface area contributed by atoms with Crippen molar-refractivity contribution in [3.05, 3.63) is 86.9 Å². The third-order valence-corrected chi connectivity index (χ3v) is 4.10. The van der Waals surface area contributed by atoms with Gasteiger partial charge in [0.05, 0.1) is 18.4 Å². The van der Waals surface area contributed by atoms with E-state index in [1.807, 2.05) is 0 Å². The molecule has 5 nitrogen and oxygen atoms in total. The lowest BCUT2D eigenvalue weighted by Gasteiger charge is -2.16. The zero-order valence-electron chi connectivity index (χ0n) is 13.7. The molecule has 0 amide bonds. The Morgan fingerprint density at radius 1 is 1.12 bits per heavy atom. The zero-order chi connectivity index (χ0) is 18.8. The number of carbonyl (C=O) groups excluding carboxylic acids is 1. The molecule has 26 heavy (non-hydrogen) atoms. The Morgan fingerprint density at radius 3 is 2.46 bits per heavy atom. The maximum atomic E-state index is 13.1. The van der Waals surface area contributed by atoms with E-state index < -0.39 is 17.2 Å². The van der Waals surface area contributed by atoms with Crippen LogP contribution in [0.15, 0.2) is 59.4 Å². The number of carbonyl (C=O) groups is 1. The van der Waals surface area contributed by atoms with E-state index in [9.17, 15) is 14.0 Å². The van der Waals surface area contributed by atoms with Gasteiger partial charge in [-0.3, -0.25) is 14.2 Å². The highest BCUT2D eigenvalue weighted by molar-refractivity contribution is 6.30. The summed E-state index contributed by atoms with van der Waals surface area (Å²) >= 11 is 6.03. The molecule has 7 heteroatoms. The number of nitrogens with zero attached hydrogens (tertiary/aromatic N) is 1. The predicted molar refractivity (Wildman–Crippen MR) is 97.8 cm³/mol. The molecule has 1 aromatic heterocycles. The number of halogens is 2. The summed E-state index contributed by atoms with van der Waals surface area (Å²) in [5.74, 6) is -0.581. The molecule has 0 saturated heterocycles. The van der Waals surface area contributed by atoms with E-state index in [1.165, 1.54) is 49.6 Å². The first kappa shape index (κ1) is 17.7. The third-order valence-electron chi connectivity index (χ3n) is 3.86. The Hall–Kier alpha value is -3.12. The summed E-state index contributed by atoms with van der Waals surface area (Å²) in [4.78, 5) is 25.1. The Kier molecular flexibility index (Phi) is 4.77. The largest absolute Gasteiger partial charge is 0.495 e. The molecule has 2 aromatic carbocycles. The molecule has 132 valence electrons. The highest BCUT2D eigenvalue weighted by atomic mass is 35.5. The molecule has 0 aliphatic heterocycles. The van der Waals surface area contributed by atoms with E-state index in [2.05, 4.69) is 0 Å². The van der Waals surface area contributed by atoms with Crippen LogP contribution in [0.25, 0.3) is 5.69 Å². The van der Waals surface area contributed by atoms with Crippen LogP contribution < -0.4 is 16.0 Å². The predicted octanol–water partition coefficient (Wildman–Crippen LogP) is 3.45. The Labute approximate surface area is 153 Å². The fourth-order valence-corrected chi connectivity index (χ4v) is 2.76. The van der Waals surface area contributed by atoms with Gasteiger partial charge in [-0.05, 0) is 48.5 Å². The van der Waals surface area contributed by atoms with Gasteiger partial charge < -0.3 is 10.5 Å². The number of anilines is 1. The second kappa shape index (κ2) is 7.01. The number of aromatic nitrogens is 1. The van der Waals surface area contributed by atoms with Gasteiger partial charge in [-0.25, -0.2) is 4.39 Å². The van der Waals surface area contributed by atoms with E-state index in [0.717, 1.165) is 4.57 Å². The van der Waals surface area contributed by atoms with Crippen LogP contribution in [0.2, 0.25) is 5.02 Å². The van der Waals surface area contributed by atoms with E-state index in [-0.39, 0.29) is 16.9 Å². The SMILES string of the molecule is COc1ccc(Cl)cc1-n1c(N)c(C(=O)c2ccc(F)cc2)ccc1=O. The van der Waals surface area contributed by atoms with Crippen LogP contribution in [0, 0.1) is 5.82 Å². The molecular formula is C19H14ClFN2O3. The number of hydrogen-bond donors (Lipinski definition) is 1. The molecular weight excluding hydrogens is 359 g/mol. The summed E-state index contributed by atoms with van der Waals surface area (Å²) in [7, 11) is 1.45. The van der Waals surface area contributed by atoms with Crippen molar-refractivity contribution in [2.24, 2.45) is 0 Å². The second-order valence-corrected chi connectivity index (χ2v) is 5.89. The Morgan fingerprint density at radius 2 is 1.81 bits per heavy atom. The van der Waals surface area contributed by atoms with Crippen molar-refractivity contribution in [3.63, 3.8) is 0 Å². The van der Waals surface area contributed by atoms with Crippen LogP contribution >= 0.6 is 11.6 Å². The molecule has 1 heterocycles. The number of pyridine rings is 1. The van der Waals surface area contributed by atoms with Crippen molar-refractivity contribution in [1.29, 1.82) is 0 Å². The van der Waals surface area contributed by atoms with Gasteiger partial charge in [0, 0.05) is 16.7 Å². The minimum Gasteiger partial charge on any atom is -0.495 e. The fourth-order valence-electron chi connectivity index (χ4n) is 2.59. The van der Waals surface area contributed by atoms with Gasteiger partial charge in [0.2, 0.25) is 0 Å².